The van der Waals surface area contributed by atoms with Gasteiger partial charge in [0.05, 0.1) is 11.6 Å². The number of hydrogen-bond donors (Lipinski definition) is 3. The quantitative estimate of drug-likeness (QED) is 0.628. The zero-order chi connectivity index (χ0) is 21.9. The molecular weight excluding hydrogens is 440 g/mol. The number of nitrogens with zero attached hydrogens (tertiary/aromatic N) is 1. The molecule has 1 amide bonds. The van der Waals surface area contributed by atoms with E-state index >= 15 is 4.39 Å². The monoisotopic (exact) mass is 463 g/mol. The van der Waals surface area contributed by atoms with Gasteiger partial charge >= 0.3 is 0 Å². The number of amides is 1. The van der Waals surface area contributed by atoms with Crippen molar-refractivity contribution in [1.29, 1.82) is 0 Å². The average Bonchev–Trinajstić information content (AvgIpc) is 3.47. The Morgan fingerprint density at radius 3 is 2.74 bits per heavy atom. The minimum atomic E-state index is -1.26. The van der Waals surface area contributed by atoms with Crippen LogP contribution >= 0.6 is 23.2 Å². The highest BCUT2D eigenvalue weighted by atomic mass is 35.5. The van der Waals surface area contributed by atoms with Crippen molar-refractivity contribution >= 4 is 34.8 Å². The van der Waals surface area contributed by atoms with E-state index in [1.807, 2.05) is 11.0 Å². The Balaban J connectivity index is 1.74. The van der Waals surface area contributed by atoms with Crippen molar-refractivity contribution in [3.63, 3.8) is 0 Å². The van der Waals surface area contributed by atoms with E-state index in [9.17, 15) is 9.90 Å². The van der Waals surface area contributed by atoms with Gasteiger partial charge in [0.1, 0.15) is 11.4 Å². The summed E-state index contributed by atoms with van der Waals surface area (Å²) in [5, 5.41) is 13.7. The van der Waals surface area contributed by atoms with Crippen LogP contribution in [0.1, 0.15) is 36.3 Å². The Bertz CT molecular complexity index is 1050. The van der Waals surface area contributed by atoms with E-state index < -0.39 is 29.4 Å². The fraction of sp³-hybridized carbons (Fsp3) is 0.435. The van der Waals surface area contributed by atoms with E-state index in [4.69, 9.17) is 28.9 Å². The molecule has 8 heteroatoms. The normalized spacial score (nSPS) is 30.1. The third-order valence-corrected chi connectivity index (χ3v) is 7.63. The lowest BCUT2D eigenvalue weighted by atomic mass is 9.73. The number of anilines is 1. The second-order valence-corrected chi connectivity index (χ2v) is 9.63. The van der Waals surface area contributed by atoms with E-state index in [0.717, 1.165) is 6.42 Å². The number of hydrogen-bond acceptors (Lipinski definition) is 4. The number of rotatable bonds is 5. The molecule has 1 saturated heterocycles. The van der Waals surface area contributed by atoms with Crippen LogP contribution in [-0.2, 0) is 10.3 Å². The highest BCUT2D eigenvalue weighted by molar-refractivity contribution is 6.31. The molecule has 1 saturated carbocycles. The van der Waals surface area contributed by atoms with E-state index in [1.165, 1.54) is 18.9 Å². The Morgan fingerprint density at radius 1 is 1.26 bits per heavy atom. The number of nitrogens with two attached hydrogens (primary N) is 1. The van der Waals surface area contributed by atoms with Crippen molar-refractivity contribution in [3.8, 4) is 0 Å². The average molecular weight is 464 g/mol. The van der Waals surface area contributed by atoms with Crippen molar-refractivity contribution in [2.75, 3.05) is 18.5 Å². The number of likely N-dealkylation sites (tertiary alicyclic amines) is 1. The Hall–Kier alpha value is -1.70. The number of benzene rings is 2. The lowest BCUT2D eigenvalue weighted by Gasteiger charge is -2.39. The molecule has 5 rings (SSSR count). The number of carbonyl (C=O) groups is 1. The number of carbonyl (C=O) groups excluding carboxylic acids is 1. The number of nitrogens with one attached hydrogen (secondary N) is 1. The molecule has 0 radical (unpaired) electrons. The second kappa shape index (κ2) is 7.71. The summed E-state index contributed by atoms with van der Waals surface area (Å²) in [5.74, 6) is -0.981. The third-order valence-electron chi connectivity index (χ3n) is 7.10. The number of aliphatic hydroxyl groups is 1. The minimum absolute atomic E-state index is 0.0217. The summed E-state index contributed by atoms with van der Waals surface area (Å²) in [6, 6.07) is 8.83. The van der Waals surface area contributed by atoms with Gasteiger partial charge in [-0.05, 0) is 36.1 Å². The van der Waals surface area contributed by atoms with Crippen molar-refractivity contribution in [1.82, 2.24) is 4.90 Å². The summed E-state index contributed by atoms with van der Waals surface area (Å²) in [6.45, 7) is 0.347. The largest absolute Gasteiger partial charge is 0.395 e. The zero-order valence-corrected chi connectivity index (χ0v) is 18.3. The molecule has 4 N–H and O–H groups in total. The maximum Gasteiger partial charge on any atom is 0.250 e. The van der Waals surface area contributed by atoms with Crippen molar-refractivity contribution in [3.05, 3.63) is 63.4 Å². The molecule has 0 aromatic heterocycles. The first-order chi connectivity index (χ1) is 14.9. The minimum Gasteiger partial charge on any atom is -0.395 e. The molecule has 2 fully saturated rings. The maximum atomic E-state index is 15.3. The van der Waals surface area contributed by atoms with Gasteiger partial charge in [-0.25, -0.2) is 4.39 Å². The Morgan fingerprint density at radius 2 is 2.03 bits per heavy atom. The molecular formula is C23H24Cl2FN3O2. The fourth-order valence-electron chi connectivity index (χ4n) is 5.52. The fourth-order valence-corrected chi connectivity index (χ4v) is 5.87. The van der Waals surface area contributed by atoms with Crippen LogP contribution in [0.5, 0.6) is 0 Å². The zero-order valence-electron chi connectivity index (χ0n) is 16.8. The summed E-state index contributed by atoms with van der Waals surface area (Å²) >= 11 is 12.3. The van der Waals surface area contributed by atoms with Crippen LogP contribution in [0.25, 0.3) is 0 Å². The van der Waals surface area contributed by atoms with Crippen LogP contribution in [0.15, 0.2) is 36.4 Å². The Kier molecular flexibility index (Phi) is 5.26. The lowest BCUT2D eigenvalue weighted by molar-refractivity contribution is -0.128. The molecule has 1 spiro atoms. The standard InChI is InChI=1S/C23H24Cl2FN3O2/c24-13-6-7-15-17(10-13)28-22(31)23(15)19(14-2-1-3-16(25)20(14)26)21(27)18(11-30)29(23)9-8-12-4-5-12/h1-3,6-7,10,12,18-19,21,30H,4-5,8-9,11,27H2,(H,28,31)/t18-,19-,21+,23+/m0/s1. The second-order valence-electron chi connectivity index (χ2n) is 8.78. The van der Waals surface area contributed by atoms with E-state index in [0.29, 0.717) is 28.7 Å². The summed E-state index contributed by atoms with van der Waals surface area (Å²) < 4.78 is 15.3. The number of fused-ring (bicyclic) bond motifs is 2. The van der Waals surface area contributed by atoms with Crippen LogP contribution < -0.4 is 11.1 Å². The van der Waals surface area contributed by atoms with Crippen LogP contribution in [0.2, 0.25) is 10.0 Å². The highest BCUT2D eigenvalue weighted by Crippen LogP contribution is 2.57. The topological polar surface area (TPSA) is 78.6 Å². The summed E-state index contributed by atoms with van der Waals surface area (Å²) in [7, 11) is 0. The van der Waals surface area contributed by atoms with Crippen LogP contribution in [0.4, 0.5) is 10.1 Å². The van der Waals surface area contributed by atoms with Gasteiger partial charge in [-0.1, -0.05) is 54.2 Å². The van der Waals surface area contributed by atoms with Gasteiger partial charge in [0.15, 0.2) is 0 Å². The summed E-state index contributed by atoms with van der Waals surface area (Å²) in [4.78, 5) is 15.7. The molecule has 3 aliphatic rings. The van der Waals surface area contributed by atoms with E-state index in [2.05, 4.69) is 5.32 Å². The smallest absolute Gasteiger partial charge is 0.250 e. The molecule has 5 nitrogen and oxygen atoms in total. The van der Waals surface area contributed by atoms with Crippen molar-refractivity contribution < 1.29 is 14.3 Å². The molecule has 2 aromatic carbocycles. The summed E-state index contributed by atoms with van der Waals surface area (Å²) in [6.07, 6.45) is 3.23. The van der Waals surface area contributed by atoms with Gasteiger partial charge in [-0.2, -0.15) is 0 Å². The predicted molar refractivity (Wildman–Crippen MR) is 119 cm³/mol. The number of halogens is 3. The van der Waals surface area contributed by atoms with E-state index in [1.54, 1.807) is 24.3 Å². The molecule has 2 aromatic rings. The molecule has 2 heterocycles. The van der Waals surface area contributed by atoms with Gasteiger partial charge < -0.3 is 16.2 Å². The van der Waals surface area contributed by atoms with Gasteiger partial charge in [0, 0.05) is 40.8 Å². The lowest BCUT2D eigenvalue weighted by Crippen LogP contribution is -2.53. The highest BCUT2D eigenvalue weighted by Gasteiger charge is 2.66. The molecule has 0 bridgehead atoms. The van der Waals surface area contributed by atoms with Gasteiger partial charge in [-0.3, -0.25) is 9.69 Å². The van der Waals surface area contributed by atoms with Crippen LogP contribution in [-0.4, -0.2) is 41.1 Å². The molecule has 1 aliphatic carbocycles. The third kappa shape index (κ3) is 3.11. The molecule has 2 aliphatic heterocycles. The first-order valence-electron chi connectivity index (χ1n) is 10.6. The number of aliphatic hydroxyl groups excluding tert-OH is 1. The predicted octanol–water partition coefficient (Wildman–Crippen LogP) is 3.87. The van der Waals surface area contributed by atoms with Crippen molar-refractivity contribution in [2.45, 2.75) is 42.8 Å². The molecule has 4 atom stereocenters. The SMILES string of the molecule is N[C@@H]1[C@H](CO)N(CCC2CC2)[C@@]2(C(=O)Nc3cc(Cl)ccc32)[C@H]1c1cccc(Cl)c1F. The molecule has 164 valence electrons. The molecule has 31 heavy (non-hydrogen) atoms. The van der Waals surface area contributed by atoms with Gasteiger partial charge in [-0.15, -0.1) is 0 Å². The van der Waals surface area contributed by atoms with Crippen molar-refractivity contribution in [2.24, 2.45) is 11.7 Å². The van der Waals surface area contributed by atoms with Gasteiger partial charge in [0.2, 0.25) is 5.91 Å². The Labute approximate surface area is 190 Å². The van der Waals surface area contributed by atoms with Crippen LogP contribution in [0, 0.1) is 11.7 Å². The van der Waals surface area contributed by atoms with Crippen LogP contribution in [0.3, 0.4) is 0 Å². The first kappa shape index (κ1) is 21.2. The first-order valence-corrected chi connectivity index (χ1v) is 11.3. The van der Waals surface area contributed by atoms with E-state index in [-0.39, 0.29) is 23.1 Å². The summed E-state index contributed by atoms with van der Waals surface area (Å²) in [5.41, 5.74) is 7.00. The van der Waals surface area contributed by atoms with Gasteiger partial charge in [0.25, 0.3) is 0 Å². The maximum absolute atomic E-state index is 15.3. The molecule has 0 unspecified atom stereocenters.